The Hall–Kier alpha value is -2.37. The standard InChI is InChI=1S/C16H19N3O3/c1-11-4-7-18-9-12(17-13(18)8-11)14(20)19-6-3-5-16(2,10-19)15(21)22/h4,7-9H,3,5-6,10H2,1-2H3,(H,21,22). The normalized spacial score (nSPS) is 22.0. The van der Waals surface area contributed by atoms with Crippen molar-refractivity contribution in [2.24, 2.45) is 5.41 Å². The van der Waals surface area contributed by atoms with Crippen LogP contribution in [0.1, 0.15) is 35.8 Å². The van der Waals surface area contributed by atoms with Crippen molar-refractivity contribution in [2.75, 3.05) is 13.1 Å². The van der Waals surface area contributed by atoms with E-state index < -0.39 is 11.4 Å². The highest BCUT2D eigenvalue weighted by Crippen LogP contribution is 2.30. The van der Waals surface area contributed by atoms with Gasteiger partial charge in [0.15, 0.2) is 0 Å². The van der Waals surface area contributed by atoms with Crippen LogP contribution in [0.25, 0.3) is 5.65 Å². The van der Waals surface area contributed by atoms with Gasteiger partial charge in [0, 0.05) is 25.5 Å². The average Bonchev–Trinajstić information content (AvgIpc) is 2.89. The summed E-state index contributed by atoms with van der Waals surface area (Å²) in [6.45, 7) is 4.48. The van der Waals surface area contributed by atoms with Crippen molar-refractivity contribution in [2.45, 2.75) is 26.7 Å². The number of carboxylic acid groups (broad SMARTS) is 1. The number of carbonyl (C=O) groups excluding carboxylic acids is 1. The Morgan fingerprint density at radius 2 is 2.18 bits per heavy atom. The molecule has 1 amide bonds. The molecule has 2 aromatic heterocycles. The fourth-order valence-corrected chi connectivity index (χ4v) is 2.94. The number of carbonyl (C=O) groups is 2. The number of hydrogen-bond donors (Lipinski definition) is 1. The molecule has 0 saturated carbocycles. The third kappa shape index (κ3) is 2.45. The fourth-order valence-electron chi connectivity index (χ4n) is 2.94. The predicted octanol–water partition coefficient (Wildman–Crippen LogP) is 1.97. The molecule has 116 valence electrons. The number of aliphatic carboxylic acids is 1. The quantitative estimate of drug-likeness (QED) is 0.920. The van der Waals surface area contributed by atoms with Gasteiger partial charge in [-0.3, -0.25) is 9.59 Å². The Bertz CT molecular complexity index is 752. The number of fused-ring (bicyclic) bond motifs is 1. The predicted molar refractivity (Wildman–Crippen MR) is 80.8 cm³/mol. The number of aryl methyl sites for hydroxylation is 1. The maximum atomic E-state index is 12.6. The van der Waals surface area contributed by atoms with Crippen LogP contribution in [0.4, 0.5) is 0 Å². The van der Waals surface area contributed by atoms with Gasteiger partial charge < -0.3 is 14.4 Å². The van der Waals surface area contributed by atoms with Gasteiger partial charge in [-0.2, -0.15) is 0 Å². The molecule has 2 aromatic rings. The molecular formula is C16H19N3O3. The van der Waals surface area contributed by atoms with E-state index in [2.05, 4.69) is 4.98 Å². The number of rotatable bonds is 2. The summed E-state index contributed by atoms with van der Waals surface area (Å²) in [5.41, 5.74) is 1.29. The molecule has 22 heavy (non-hydrogen) atoms. The number of hydrogen-bond acceptors (Lipinski definition) is 3. The van der Waals surface area contributed by atoms with Crippen LogP contribution < -0.4 is 0 Å². The van der Waals surface area contributed by atoms with E-state index in [1.54, 1.807) is 22.4 Å². The van der Waals surface area contributed by atoms with Crippen molar-refractivity contribution < 1.29 is 14.7 Å². The molecule has 0 bridgehead atoms. The van der Waals surface area contributed by atoms with Crippen LogP contribution >= 0.6 is 0 Å². The lowest BCUT2D eigenvalue weighted by molar-refractivity contribution is -0.150. The summed E-state index contributed by atoms with van der Waals surface area (Å²) in [7, 11) is 0. The van der Waals surface area contributed by atoms with Gasteiger partial charge in [-0.25, -0.2) is 4.98 Å². The molecule has 0 aliphatic carbocycles. The van der Waals surface area contributed by atoms with E-state index in [-0.39, 0.29) is 12.5 Å². The molecule has 6 nitrogen and oxygen atoms in total. The third-order valence-electron chi connectivity index (χ3n) is 4.33. The van der Waals surface area contributed by atoms with Crippen molar-refractivity contribution >= 4 is 17.5 Å². The number of nitrogens with zero attached hydrogens (tertiary/aromatic N) is 3. The molecule has 1 aliphatic heterocycles. The maximum Gasteiger partial charge on any atom is 0.311 e. The molecule has 1 atom stereocenters. The van der Waals surface area contributed by atoms with Crippen molar-refractivity contribution in [3.05, 3.63) is 35.8 Å². The van der Waals surface area contributed by atoms with Crippen LogP contribution in [0.3, 0.4) is 0 Å². The largest absolute Gasteiger partial charge is 0.481 e. The number of likely N-dealkylation sites (tertiary alicyclic amines) is 1. The van der Waals surface area contributed by atoms with E-state index in [1.165, 1.54) is 0 Å². The van der Waals surface area contributed by atoms with Crippen LogP contribution in [-0.4, -0.2) is 44.4 Å². The van der Waals surface area contributed by atoms with Gasteiger partial charge in [-0.05, 0) is 44.4 Å². The zero-order chi connectivity index (χ0) is 15.9. The summed E-state index contributed by atoms with van der Waals surface area (Å²) in [5, 5.41) is 9.35. The highest BCUT2D eigenvalue weighted by molar-refractivity contribution is 5.93. The minimum Gasteiger partial charge on any atom is -0.481 e. The van der Waals surface area contributed by atoms with E-state index in [9.17, 15) is 14.7 Å². The monoisotopic (exact) mass is 301 g/mol. The van der Waals surface area contributed by atoms with E-state index >= 15 is 0 Å². The molecule has 1 saturated heterocycles. The van der Waals surface area contributed by atoms with E-state index in [0.717, 1.165) is 11.2 Å². The smallest absolute Gasteiger partial charge is 0.311 e. The highest BCUT2D eigenvalue weighted by Gasteiger charge is 2.39. The minimum atomic E-state index is -0.871. The van der Waals surface area contributed by atoms with E-state index in [1.807, 2.05) is 25.3 Å². The summed E-state index contributed by atoms with van der Waals surface area (Å²) in [6.07, 6.45) is 4.85. The molecule has 1 aliphatic rings. The second kappa shape index (κ2) is 5.12. The summed E-state index contributed by atoms with van der Waals surface area (Å²) in [5.74, 6) is -1.05. The molecule has 6 heteroatoms. The minimum absolute atomic E-state index is 0.200. The summed E-state index contributed by atoms with van der Waals surface area (Å²) >= 11 is 0. The third-order valence-corrected chi connectivity index (χ3v) is 4.33. The zero-order valence-electron chi connectivity index (χ0n) is 12.7. The van der Waals surface area contributed by atoms with E-state index in [0.29, 0.717) is 25.1 Å². The van der Waals surface area contributed by atoms with Gasteiger partial charge in [0.1, 0.15) is 11.3 Å². The average molecular weight is 301 g/mol. The molecular weight excluding hydrogens is 282 g/mol. The van der Waals surface area contributed by atoms with Crippen molar-refractivity contribution in [3.63, 3.8) is 0 Å². The maximum absolute atomic E-state index is 12.6. The number of aromatic nitrogens is 2. The van der Waals surface area contributed by atoms with Crippen molar-refractivity contribution in [1.29, 1.82) is 0 Å². The molecule has 0 spiro atoms. The molecule has 1 N–H and O–H groups in total. The Morgan fingerprint density at radius 1 is 1.41 bits per heavy atom. The molecule has 1 unspecified atom stereocenters. The molecule has 0 aromatic carbocycles. The van der Waals surface area contributed by atoms with Gasteiger partial charge in [0.2, 0.25) is 0 Å². The SMILES string of the molecule is Cc1ccn2cc(C(=O)N3CCCC(C)(C(=O)O)C3)nc2c1. The van der Waals surface area contributed by atoms with Crippen molar-refractivity contribution in [1.82, 2.24) is 14.3 Å². The molecule has 3 rings (SSSR count). The first-order valence-corrected chi connectivity index (χ1v) is 7.37. The zero-order valence-corrected chi connectivity index (χ0v) is 12.7. The van der Waals surface area contributed by atoms with Crippen LogP contribution in [0.2, 0.25) is 0 Å². The lowest BCUT2D eigenvalue weighted by Gasteiger charge is -2.37. The Labute approximate surface area is 128 Å². The number of piperidine rings is 1. The van der Waals surface area contributed by atoms with E-state index in [4.69, 9.17) is 0 Å². The van der Waals surface area contributed by atoms with Gasteiger partial charge in [-0.15, -0.1) is 0 Å². The van der Waals surface area contributed by atoms with Gasteiger partial charge in [0.05, 0.1) is 5.41 Å². The second-order valence-electron chi connectivity index (χ2n) is 6.29. The fraction of sp³-hybridized carbons (Fsp3) is 0.438. The topological polar surface area (TPSA) is 74.9 Å². The number of imidazole rings is 1. The first kappa shape index (κ1) is 14.6. The molecule has 1 fully saturated rings. The lowest BCUT2D eigenvalue weighted by Crippen LogP contribution is -2.48. The Morgan fingerprint density at radius 3 is 2.91 bits per heavy atom. The number of pyridine rings is 1. The second-order valence-corrected chi connectivity index (χ2v) is 6.29. The van der Waals surface area contributed by atoms with Gasteiger partial charge in [-0.1, -0.05) is 0 Å². The lowest BCUT2D eigenvalue weighted by atomic mass is 9.82. The molecule has 0 radical (unpaired) electrons. The summed E-state index contributed by atoms with van der Waals surface area (Å²) in [6, 6.07) is 3.86. The van der Waals surface area contributed by atoms with Gasteiger partial charge >= 0.3 is 5.97 Å². The van der Waals surface area contributed by atoms with Gasteiger partial charge in [0.25, 0.3) is 5.91 Å². The summed E-state index contributed by atoms with van der Waals surface area (Å²) in [4.78, 5) is 30.0. The van der Waals surface area contributed by atoms with Crippen LogP contribution in [0.5, 0.6) is 0 Å². The van der Waals surface area contributed by atoms with Crippen molar-refractivity contribution in [3.8, 4) is 0 Å². The number of amides is 1. The molecule has 3 heterocycles. The first-order chi connectivity index (χ1) is 10.4. The Balaban J connectivity index is 1.87. The van der Waals surface area contributed by atoms with Crippen LogP contribution in [0.15, 0.2) is 24.5 Å². The Kier molecular flexibility index (Phi) is 3.39. The highest BCUT2D eigenvalue weighted by atomic mass is 16.4. The van der Waals surface area contributed by atoms with Crippen LogP contribution in [0, 0.1) is 12.3 Å². The summed E-state index contributed by atoms with van der Waals surface area (Å²) < 4.78 is 1.81. The van der Waals surface area contributed by atoms with Crippen LogP contribution in [-0.2, 0) is 4.79 Å². The number of carboxylic acids is 1. The first-order valence-electron chi connectivity index (χ1n) is 7.37.